The first-order chi connectivity index (χ1) is 12.5. The van der Waals surface area contributed by atoms with E-state index < -0.39 is 5.60 Å². The van der Waals surface area contributed by atoms with Crippen LogP contribution in [0.3, 0.4) is 0 Å². The zero-order valence-corrected chi connectivity index (χ0v) is 17.8. The van der Waals surface area contributed by atoms with Gasteiger partial charge in [-0.05, 0) is 55.8 Å². The molecule has 1 aromatic carbocycles. The van der Waals surface area contributed by atoms with E-state index in [1.807, 2.05) is 0 Å². The first kappa shape index (κ1) is 22.2. The molecule has 0 spiro atoms. The highest BCUT2D eigenvalue weighted by Crippen LogP contribution is 2.41. The first-order valence-corrected chi connectivity index (χ1v) is 10.2. The molecule has 2 N–H and O–H groups in total. The third kappa shape index (κ3) is 4.67. The minimum atomic E-state index is -0.660. The minimum absolute atomic E-state index is 0. The highest BCUT2D eigenvalue weighted by atomic mass is 35.5. The van der Waals surface area contributed by atoms with E-state index in [4.69, 9.17) is 4.74 Å². The van der Waals surface area contributed by atoms with Crippen molar-refractivity contribution in [3.63, 3.8) is 0 Å². The number of carbonyl (C=O) groups is 1. The number of piperidine rings is 1. The number of rotatable bonds is 6. The monoisotopic (exact) mass is 394 g/mol. The molecule has 1 aromatic rings. The second-order valence-corrected chi connectivity index (χ2v) is 8.40. The van der Waals surface area contributed by atoms with Gasteiger partial charge in [-0.2, -0.15) is 0 Å². The van der Waals surface area contributed by atoms with Crippen LogP contribution in [-0.4, -0.2) is 38.3 Å². The normalized spacial score (nSPS) is 20.9. The summed E-state index contributed by atoms with van der Waals surface area (Å²) in [6.45, 7) is 6.84. The molecule has 27 heavy (non-hydrogen) atoms. The molecule has 1 heterocycles. The van der Waals surface area contributed by atoms with Crippen molar-refractivity contribution < 1.29 is 9.53 Å². The van der Waals surface area contributed by atoms with E-state index in [9.17, 15) is 4.79 Å². The van der Waals surface area contributed by atoms with Gasteiger partial charge in [-0.15, -0.1) is 12.4 Å². The SMILES string of the molecule is COC1(C(=O)NCC2(c3ccc(C(C)C)cc3)CCCC2)CCNCC1.Cl. The van der Waals surface area contributed by atoms with Crippen LogP contribution >= 0.6 is 12.4 Å². The zero-order chi connectivity index (χ0) is 18.6. The van der Waals surface area contributed by atoms with E-state index in [-0.39, 0.29) is 23.7 Å². The van der Waals surface area contributed by atoms with Crippen molar-refractivity contribution in [2.24, 2.45) is 0 Å². The summed E-state index contributed by atoms with van der Waals surface area (Å²) in [7, 11) is 1.67. The highest BCUT2D eigenvalue weighted by Gasteiger charge is 2.42. The van der Waals surface area contributed by atoms with Crippen molar-refractivity contribution in [1.29, 1.82) is 0 Å². The standard InChI is InChI=1S/C22H34N2O2.ClH/c1-17(2)18-6-8-19(9-7-18)21(10-4-5-11-21)16-24-20(25)22(26-3)12-14-23-15-13-22;/h6-9,17,23H,4-5,10-16H2,1-3H3,(H,24,25);1H. The van der Waals surface area contributed by atoms with Crippen molar-refractivity contribution in [3.05, 3.63) is 35.4 Å². The number of methoxy groups -OCH3 is 1. The van der Waals surface area contributed by atoms with Crippen molar-refractivity contribution in [3.8, 4) is 0 Å². The Morgan fingerprint density at radius 2 is 1.70 bits per heavy atom. The van der Waals surface area contributed by atoms with E-state index in [0.29, 0.717) is 12.5 Å². The summed E-state index contributed by atoms with van der Waals surface area (Å²) in [5, 5.41) is 6.58. The number of amides is 1. The van der Waals surface area contributed by atoms with Crippen molar-refractivity contribution in [2.45, 2.75) is 69.3 Å². The van der Waals surface area contributed by atoms with Crippen LogP contribution in [0.1, 0.15) is 69.4 Å². The van der Waals surface area contributed by atoms with Crippen LogP contribution in [0.15, 0.2) is 24.3 Å². The maximum absolute atomic E-state index is 13.0. The topological polar surface area (TPSA) is 50.4 Å². The number of hydrogen-bond acceptors (Lipinski definition) is 3. The Hall–Kier alpha value is -1.10. The van der Waals surface area contributed by atoms with Gasteiger partial charge < -0.3 is 15.4 Å². The quantitative estimate of drug-likeness (QED) is 0.768. The molecule has 3 rings (SSSR count). The molecule has 1 saturated heterocycles. The summed E-state index contributed by atoms with van der Waals surface area (Å²) in [6, 6.07) is 9.07. The maximum Gasteiger partial charge on any atom is 0.252 e. The van der Waals surface area contributed by atoms with Crippen LogP contribution in [0.4, 0.5) is 0 Å². The fourth-order valence-electron chi connectivity index (χ4n) is 4.61. The molecule has 1 saturated carbocycles. The predicted molar refractivity (Wildman–Crippen MR) is 113 cm³/mol. The van der Waals surface area contributed by atoms with Gasteiger partial charge in [0.25, 0.3) is 5.91 Å². The highest BCUT2D eigenvalue weighted by molar-refractivity contribution is 5.85. The van der Waals surface area contributed by atoms with Gasteiger partial charge in [-0.25, -0.2) is 0 Å². The Bertz CT molecular complexity index is 603. The van der Waals surface area contributed by atoms with E-state index in [0.717, 1.165) is 38.8 Å². The average molecular weight is 395 g/mol. The van der Waals surface area contributed by atoms with Crippen LogP contribution in [0.5, 0.6) is 0 Å². The van der Waals surface area contributed by atoms with Gasteiger partial charge in [-0.1, -0.05) is 51.0 Å². The predicted octanol–water partition coefficient (Wildman–Crippen LogP) is 3.93. The van der Waals surface area contributed by atoms with E-state index in [1.54, 1.807) is 7.11 Å². The molecule has 152 valence electrons. The Morgan fingerprint density at radius 3 is 2.22 bits per heavy atom. The van der Waals surface area contributed by atoms with E-state index in [2.05, 4.69) is 48.7 Å². The van der Waals surface area contributed by atoms with Crippen LogP contribution < -0.4 is 10.6 Å². The van der Waals surface area contributed by atoms with Crippen LogP contribution in [0, 0.1) is 0 Å². The van der Waals surface area contributed by atoms with Gasteiger partial charge in [0.05, 0.1) is 0 Å². The molecule has 1 aliphatic carbocycles. The average Bonchev–Trinajstić information content (AvgIpc) is 3.17. The van der Waals surface area contributed by atoms with Crippen LogP contribution in [0.25, 0.3) is 0 Å². The van der Waals surface area contributed by atoms with Crippen molar-refractivity contribution in [1.82, 2.24) is 10.6 Å². The van der Waals surface area contributed by atoms with Crippen LogP contribution in [0.2, 0.25) is 0 Å². The maximum atomic E-state index is 13.0. The molecule has 0 radical (unpaired) electrons. The second kappa shape index (κ2) is 9.40. The lowest BCUT2D eigenvalue weighted by atomic mass is 9.78. The molecule has 2 fully saturated rings. The lowest BCUT2D eigenvalue weighted by Gasteiger charge is -2.37. The first-order valence-electron chi connectivity index (χ1n) is 10.2. The molecule has 5 heteroatoms. The molecular formula is C22H35ClN2O2. The fraction of sp³-hybridized carbons (Fsp3) is 0.682. The Labute approximate surface area is 170 Å². The smallest absolute Gasteiger partial charge is 0.252 e. The molecule has 0 unspecified atom stereocenters. The van der Waals surface area contributed by atoms with Gasteiger partial charge >= 0.3 is 0 Å². The molecule has 1 aliphatic heterocycles. The van der Waals surface area contributed by atoms with Crippen LogP contribution in [-0.2, 0) is 14.9 Å². The molecule has 4 nitrogen and oxygen atoms in total. The van der Waals surface area contributed by atoms with Crippen molar-refractivity contribution in [2.75, 3.05) is 26.7 Å². The Morgan fingerprint density at radius 1 is 1.11 bits per heavy atom. The molecule has 0 aromatic heterocycles. The number of halogens is 1. The fourth-order valence-corrected chi connectivity index (χ4v) is 4.61. The van der Waals surface area contributed by atoms with E-state index in [1.165, 1.54) is 24.0 Å². The summed E-state index contributed by atoms with van der Waals surface area (Å²) >= 11 is 0. The number of nitrogens with one attached hydrogen (secondary N) is 2. The largest absolute Gasteiger partial charge is 0.368 e. The lowest BCUT2D eigenvalue weighted by molar-refractivity contribution is -0.147. The van der Waals surface area contributed by atoms with E-state index >= 15 is 0 Å². The third-order valence-electron chi connectivity index (χ3n) is 6.55. The lowest BCUT2D eigenvalue weighted by Crippen LogP contribution is -2.55. The van der Waals surface area contributed by atoms with Gasteiger partial charge in [0.2, 0.25) is 0 Å². The summed E-state index contributed by atoms with van der Waals surface area (Å²) in [6.07, 6.45) is 6.25. The summed E-state index contributed by atoms with van der Waals surface area (Å²) in [5.74, 6) is 0.608. The van der Waals surface area contributed by atoms with Crippen molar-refractivity contribution >= 4 is 18.3 Å². The number of carbonyl (C=O) groups excluding carboxylic acids is 1. The van der Waals surface area contributed by atoms with Gasteiger partial charge in [0.1, 0.15) is 5.60 Å². The minimum Gasteiger partial charge on any atom is -0.368 e. The molecule has 0 bridgehead atoms. The summed E-state index contributed by atoms with van der Waals surface area (Å²) in [4.78, 5) is 13.0. The van der Waals surface area contributed by atoms with Gasteiger partial charge in [-0.3, -0.25) is 4.79 Å². The summed E-state index contributed by atoms with van der Waals surface area (Å²) < 4.78 is 5.68. The number of benzene rings is 1. The van der Waals surface area contributed by atoms with Gasteiger partial charge in [0, 0.05) is 19.1 Å². The number of hydrogen-bond donors (Lipinski definition) is 2. The summed E-state index contributed by atoms with van der Waals surface area (Å²) in [5.41, 5.74) is 2.16. The zero-order valence-electron chi connectivity index (χ0n) is 17.0. The van der Waals surface area contributed by atoms with Gasteiger partial charge in [0.15, 0.2) is 0 Å². The molecule has 0 atom stereocenters. The molecular weight excluding hydrogens is 360 g/mol. The third-order valence-corrected chi connectivity index (χ3v) is 6.55. The second-order valence-electron chi connectivity index (χ2n) is 8.40. The Balaban J connectivity index is 0.00000261. The molecule has 2 aliphatic rings. The molecule has 1 amide bonds. The number of ether oxygens (including phenoxy) is 1. The Kier molecular flexibility index (Phi) is 7.73.